The molecule has 0 nitrogen and oxygen atoms in total. The van der Waals surface area contributed by atoms with Gasteiger partial charge in [0.15, 0.2) is 0 Å². The number of rotatable bonds is 6. The average Bonchev–Trinajstić information content (AvgIpc) is 1.89. The van der Waals surface area contributed by atoms with Crippen LogP contribution in [0.4, 0.5) is 14.1 Å². The minimum absolute atomic E-state index is 0. The van der Waals surface area contributed by atoms with E-state index in [0.29, 0.717) is 0 Å². The molecule has 0 aliphatic heterocycles. The summed E-state index contributed by atoms with van der Waals surface area (Å²) in [5.74, 6) is 0. The Kier molecular flexibility index (Phi) is 43.1. The topological polar surface area (TPSA) is 0 Å². The van der Waals surface area contributed by atoms with Crippen molar-refractivity contribution in [1.82, 2.24) is 0 Å². The van der Waals surface area contributed by atoms with E-state index in [0.717, 1.165) is 0 Å². The quantitative estimate of drug-likeness (QED) is 0.520. The van der Waals surface area contributed by atoms with Crippen LogP contribution in [-0.4, -0.2) is 22.5 Å². The molecule has 3 radical (unpaired) electrons. The van der Waals surface area contributed by atoms with Crippen LogP contribution in [0.15, 0.2) is 0 Å². The molecule has 0 aliphatic rings. The molecule has 0 atom stereocenters. The van der Waals surface area contributed by atoms with Gasteiger partial charge in [0.2, 0.25) is 0 Å². The number of unbranched alkanes of at least 4 members (excludes halogenated alkanes) is 5. The summed E-state index contributed by atoms with van der Waals surface area (Å²) < 4.78 is 1.46. The Morgan fingerprint density at radius 3 is 1.58 bits per heavy atom. The third-order valence-electron chi connectivity index (χ3n) is 1.53. The standard InChI is InChI=1S/C8H17.3FH.Sn/c1-3-5-7-8-6-4-2;;;;/h1,3-8H2,2H3;3*1H;. The second-order valence-corrected chi connectivity index (χ2v) is 3.94. The Labute approximate surface area is 86.7 Å². The molecule has 0 spiro atoms. The normalized spacial score (nSPS) is 7.50. The Hall–Kier alpha value is 0.589. The molecule has 0 heterocycles. The van der Waals surface area contributed by atoms with Crippen molar-refractivity contribution in [3.8, 4) is 0 Å². The van der Waals surface area contributed by atoms with Gasteiger partial charge < -0.3 is 0 Å². The molecule has 0 amide bonds. The summed E-state index contributed by atoms with van der Waals surface area (Å²) in [6.07, 6.45) is 8.71. The van der Waals surface area contributed by atoms with Crippen LogP contribution in [0.2, 0.25) is 4.44 Å². The van der Waals surface area contributed by atoms with Crippen LogP contribution in [-0.2, 0) is 0 Å². The number of halogens is 3. The van der Waals surface area contributed by atoms with E-state index < -0.39 is 0 Å². The van der Waals surface area contributed by atoms with E-state index in [9.17, 15) is 0 Å². The van der Waals surface area contributed by atoms with Gasteiger partial charge in [0.25, 0.3) is 0 Å². The largest absolute Gasteiger partial charge is 0.269 e. The van der Waals surface area contributed by atoms with Crippen LogP contribution >= 0.6 is 0 Å². The maximum Gasteiger partial charge on any atom is -0.269 e. The minimum atomic E-state index is 0. The first-order chi connectivity index (χ1) is 4.41. The van der Waals surface area contributed by atoms with Gasteiger partial charge >= 0.3 is 72.4 Å². The molecule has 4 heteroatoms. The van der Waals surface area contributed by atoms with Crippen molar-refractivity contribution < 1.29 is 14.1 Å². The van der Waals surface area contributed by atoms with Gasteiger partial charge in [-0.25, -0.2) is 0 Å². The predicted octanol–water partition coefficient (Wildman–Crippen LogP) is 3.39. The van der Waals surface area contributed by atoms with Gasteiger partial charge in [0, 0.05) is 0 Å². The molecule has 0 aromatic rings. The summed E-state index contributed by atoms with van der Waals surface area (Å²) in [4.78, 5) is 0. The Balaban J connectivity index is -0.000000107. The fraction of sp³-hybridized carbons (Fsp3) is 1.00. The molecule has 0 N–H and O–H groups in total. The molecule has 12 heavy (non-hydrogen) atoms. The molecular weight excluding hydrogens is 272 g/mol. The Morgan fingerprint density at radius 1 is 0.750 bits per heavy atom. The molecule has 0 saturated heterocycles. The molecule has 0 aromatic heterocycles. The summed E-state index contributed by atoms with van der Waals surface area (Å²) >= 11 is 1.71. The van der Waals surface area contributed by atoms with Gasteiger partial charge in [-0.15, -0.1) is 0 Å². The third kappa shape index (κ3) is 22.4. The van der Waals surface area contributed by atoms with Gasteiger partial charge in [-0.3, -0.25) is 14.1 Å². The smallest absolute Gasteiger partial charge is 0.269 e. The summed E-state index contributed by atoms with van der Waals surface area (Å²) in [5.41, 5.74) is 0. The van der Waals surface area contributed by atoms with Gasteiger partial charge in [-0.05, 0) is 0 Å². The van der Waals surface area contributed by atoms with Gasteiger partial charge in [-0.2, -0.15) is 0 Å². The molecule has 0 aromatic carbocycles. The van der Waals surface area contributed by atoms with Gasteiger partial charge in [-0.1, -0.05) is 0 Å². The first kappa shape index (κ1) is 22.9. The number of hydrogen-bond donors (Lipinski definition) is 0. The first-order valence-corrected chi connectivity index (χ1v) is 6.08. The molecule has 0 saturated carbocycles. The average molecular weight is 292 g/mol. The fourth-order valence-electron chi connectivity index (χ4n) is 0.905. The van der Waals surface area contributed by atoms with Crippen molar-refractivity contribution in [2.75, 3.05) is 0 Å². The summed E-state index contributed by atoms with van der Waals surface area (Å²) in [6, 6.07) is 0. The summed E-state index contributed by atoms with van der Waals surface area (Å²) in [6.45, 7) is 2.27. The van der Waals surface area contributed by atoms with Crippen molar-refractivity contribution in [2.45, 2.75) is 49.9 Å². The fourth-order valence-corrected chi connectivity index (χ4v) is 1.62. The molecule has 0 rings (SSSR count). The van der Waals surface area contributed by atoms with E-state index in [1.807, 2.05) is 0 Å². The maximum atomic E-state index is 2.27. The van der Waals surface area contributed by atoms with Crippen molar-refractivity contribution in [2.24, 2.45) is 0 Å². The maximum absolute atomic E-state index is 2.27. The molecule has 0 unspecified atom stereocenters. The monoisotopic (exact) mass is 293 g/mol. The van der Waals surface area contributed by atoms with E-state index in [4.69, 9.17) is 0 Å². The van der Waals surface area contributed by atoms with Crippen LogP contribution in [0.5, 0.6) is 0 Å². The second kappa shape index (κ2) is 22.6. The Bertz CT molecular complexity index is 47.6. The van der Waals surface area contributed by atoms with Crippen molar-refractivity contribution >= 4 is 22.5 Å². The van der Waals surface area contributed by atoms with Gasteiger partial charge in [0.05, 0.1) is 0 Å². The zero-order valence-corrected chi connectivity index (χ0v) is 10.5. The van der Waals surface area contributed by atoms with E-state index in [-0.39, 0.29) is 14.1 Å². The first-order valence-electron chi connectivity index (χ1n) is 4.06. The Morgan fingerprint density at radius 2 is 1.17 bits per heavy atom. The summed E-state index contributed by atoms with van der Waals surface area (Å²) in [7, 11) is 0. The van der Waals surface area contributed by atoms with Crippen LogP contribution in [0.1, 0.15) is 45.4 Å². The van der Waals surface area contributed by atoms with Crippen LogP contribution < -0.4 is 0 Å². The third-order valence-corrected chi connectivity index (χ3v) is 2.54. The second-order valence-electron chi connectivity index (χ2n) is 2.52. The van der Waals surface area contributed by atoms with Crippen LogP contribution in [0.25, 0.3) is 0 Å². The zero-order chi connectivity index (χ0) is 6.95. The predicted molar refractivity (Wildman–Crippen MR) is 51.4 cm³/mol. The van der Waals surface area contributed by atoms with E-state index in [1.54, 1.807) is 22.5 Å². The summed E-state index contributed by atoms with van der Waals surface area (Å²) in [5, 5.41) is 0. The molecule has 0 fully saturated rings. The van der Waals surface area contributed by atoms with Crippen molar-refractivity contribution in [3.63, 3.8) is 0 Å². The van der Waals surface area contributed by atoms with E-state index >= 15 is 0 Å². The molecule has 0 bridgehead atoms. The molecular formula is C8H20F3Sn. The minimum Gasteiger partial charge on any atom is -0.269 e. The van der Waals surface area contributed by atoms with Crippen molar-refractivity contribution in [1.29, 1.82) is 0 Å². The zero-order valence-electron chi connectivity index (χ0n) is 7.67. The van der Waals surface area contributed by atoms with E-state index in [2.05, 4.69) is 6.92 Å². The SMILES string of the molecule is CCCCCCC[CH2][Sn].F.F.F. The van der Waals surface area contributed by atoms with E-state index in [1.165, 1.54) is 43.0 Å². The molecule has 0 aliphatic carbocycles. The van der Waals surface area contributed by atoms with Gasteiger partial charge in [0.1, 0.15) is 0 Å². The number of hydrogen-bond acceptors (Lipinski definition) is 0. The molecule has 77 valence electrons. The van der Waals surface area contributed by atoms with Crippen LogP contribution in [0, 0.1) is 0 Å². The van der Waals surface area contributed by atoms with Crippen LogP contribution in [0.3, 0.4) is 0 Å². The van der Waals surface area contributed by atoms with Crippen molar-refractivity contribution in [3.05, 3.63) is 0 Å².